The molecule has 1 aliphatic rings. The summed E-state index contributed by atoms with van der Waals surface area (Å²) in [5.74, 6) is 0.0502. The van der Waals surface area contributed by atoms with E-state index in [0.29, 0.717) is 6.20 Å². The first-order chi connectivity index (χ1) is 11.8. The normalized spacial score (nSPS) is 18.0. The lowest BCUT2D eigenvalue weighted by atomic mass is 9.83. The first-order valence-corrected chi connectivity index (χ1v) is 9.36. The van der Waals surface area contributed by atoms with Gasteiger partial charge in [-0.15, -0.1) is 0 Å². The number of fused-ring (bicyclic) bond motifs is 1. The number of nitrogens with zero attached hydrogens (tertiary/aromatic N) is 1. The highest BCUT2D eigenvalue weighted by molar-refractivity contribution is 7.89. The second kappa shape index (κ2) is 6.76. The molecule has 0 spiro atoms. The predicted octanol–water partition coefficient (Wildman–Crippen LogP) is 3.50. The lowest BCUT2D eigenvalue weighted by molar-refractivity contribution is -0.137. The third kappa shape index (κ3) is 4.01. The number of pyridine rings is 1. The quantitative estimate of drug-likeness (QED) is 0.896. The number of sulfonamides is 1. The number of aromatic nitrogens is 1. The molecular weight excluding hydrogens is 353 g/mol. The summed E-state index contributed by atoms with van der Waals surface area (Å²) >= 11 is 0. The highest BCUT2D eigenvalue weighted by Gasteiger charge is 2.31. The van der Waals surface area contributed by atoms with Gasteiger partial charge < -0.3 is 0 Å². The lowest BCUT2D eigenvalue weighted by Gasteiger charge is -2.25. The molecule has 0 amide bonds. The molecule has 1 heterocycles. The number of benzene rings is 1. The molecule has 1 aromatic carbocycles. The van der Waals surface area contributed by atoms with Gasteiger partial charge in [-0.05, 0) is 48.4 Å². The molecular formula is C17H17F3N2O2S. The Kier molecular flexibility index (Phi) is 4.83. The van der Waals surface area contributed by atoms with Crippen LogP contribution in [-0.2, 0) is 22.6 Å². The minimum Gasteiger partial charge on any atom is -0.243 e. The summed E-state index contributed by atoms with van der Waals surface area (Å²) in [6.07, 6.45) is -1.21. The van der Waals surface area contributed by atoms with Gasteiger partial charge in [0.25, 0.3) is 10.0 Å². The molecule has 2 aromatic rings. The van der Waals surface area contributed by atoms with Crippen molar-refractivity contribution in [1.82, 2.24) is 9.71 Å². The molecule has 1 aliphatic carbocycles. The van der Waals surface area contributed by atoms with Crippen molar-refractivity contribution < 1.29 is 21.6 Å². The van der Waals surface area contributed by atoms with Gasteiger partial charge in [0.1, 0.15) is 0 Å². The first kappa shape index (κ1) is 17.9. The molecule has 1 N–H and O–H groups in total. The van der Waals surface area contributed by atoms with E-state index in [2.05, 4.69) is 9.71 Å². The molecule has 0 fully saturated rings. The van der Waals surface area contributed by atoms with Crippen molar-refractivity contribution in [2.24, 2.45) is 0 Å². The summed E-state index contributed by atoms with van der Waals surface area (Å²) in [5.41, 5.74) is 1.36. The summed E-state index contributed by atoms with van der Waals surface area (Å²) in [4.78, 5) is 3.45. The van der Waals surface area contributed by atoms with Crippen LogP contribution in [0.3, 0.4) is 0 Å². The second-order valence-corrected chi connectivity index (χ2v) is 7.74. The monoisotopic (exact) mass is 370 g/mol. The number of alkyl halides is 3. The molecule has 134 valence electrons. The lowest BCUT2D eigenvalue weighted by Crippen LogP contribution is -2.30. The Morgan fingerprint density at radius 2 is 1.92 bits per heavy atom. The average molecular weight is 370 g/mol. The summed E-state index contributed by atoms with van der Waals surface area (Å²) < 4.78 is 64.7. The van der Waals surface area contributed by atoms with Gasteiger partial charge in [-0.2, -0.15) is 13.2 Å². The molecule has 1 atom stereocenters. The van der Waals surface area contributed by atoms with Crippen molar-refractivity contribution in [2.75, 3.05) is 6.54 Å². The zero-order chi connectivity index (χ0) is 18.1. The fraction of sp³-hybridized carbons (Fsp3) is 0.353. The minimum atomic E-state index is -4.55. The van der Waals surface area contributed by atoms with Gasteiger partial charge in [-0.25, -0.2) is 18.1 Å². The van der Waals surface area contributed by atoms with Crippen molar-refractivity contribution in [2.45, 2.75) is 36.4 Å². The van der Waals surface area contributed by atoms with E-state index in [0.717, 1.165) is 37.0 Å². The third-order valence-electron chi connectivity index (χ3n) is 4.35. The molecule has 0 saturated heterocycles. The first-order valence-electron chi connectivity index (χ1n) is 7.88. The molecule has 0 saturated carbocycles. The Balaban J connectivity index is 1.73. The maximum Gasteiger partial charge on any atom is 0.417 e. The van der Waals surface area contributed by atoms with Crippen LogP contribution in [-0.4, -0.2) is 19.9 Å². The van der Waals surface area contributed by atoms with Crippen molar-refractivity contribution in [3.05, 3.63) is 59.3 Å². The Morgan fingerprint density at radius 1 is 1.16 bits per heavy atom. The Hall–Kier alpha value is -1.93. The van der Waals surface area contributed by atoms with Crippen LogP contribution in [0, 0.1) is 0 Å². The summed E-state index contributed by atoms with van der Waals surface area (Å²) in [6, 6.07) is 9.50. The smallest absolute Gasteiger partial charge is 0.243 e. The van der Waals surface area contributed by atoms with Crippen LogP contribution >= 0.6 is 0 Å². The maximum atomic E-state index is 12.5. The Morgan fingerprint density at radius 3 is 2.60 bits per heavy atom. The van der Waals surface area contributed by atoms with Crippen molar-refractivity contribution >= 4 is 10.0 Å². The van der Waals surface area contributed by atoms with Gasteiger partial charge in [0.15, 0.2) is 5.03 Å². The zero-order valence-electron chi connectivity index (χ0n) is 13.3. The molecule has 0 bridgehead atoms. The number of aryl methyl sites for hydroxylation is 1. The maximum absolute atomic E-state index is 12.5. The highest BCUT2D eigenvalue weighted by Crippen LogP contribution is 2.31. The number of nitrogens with one attached hydrogen (secondary N) is 1. The largest absolute Gasteiger partial charge is 0.417 e. The number of hydrogen-bond donors (Lipinski definition) is 1. The van der Waals surface area contributed by atoms with Gasteiger partial charge in [0.2, 0.25) is 0 Å². The van der Waals surface area contributed by atoms with Crippen LogP contribution in [0.2, 0.25) is 0 Å². The van der Waals surface area contributed by atoms with Crippen LogP contribution in [0.1, 0.15) is 35.4 Å². The van der Waals surface area contributed by atoms with Gasteiger partial charge in [0, 0.05) is 12.7 Å². The fourth-order valence-corrected chi connectivity index (χ4v) is 4.06. The van der Waals surface area contributed by atoms with Gasteiger partial charge in [-0.3, -0.25) is 0 Å². The zero-order valence-corrected chi connectivity index (χ0v) is 14.1. The molecule has 1 unspecified atom stereocenters. The van der Waals surface area contributed by atoms with Crippen LogP contribution in [0.4, 0.5) is 13.2 Å². The van der Waals surface area contributed by atoms with Crippen LogP contribution in [0.15, 0.2) is 47.6 Å². The SMILES string of the molecule is O=S(=O)(NCC1CCCc2ccccc21)c1ccc(C(F)(F)F)cn1. The average Bonchev–Trinajstić information content (AvgIpc) is 2.59. The number of hydrogen-bond acceptors (Lipinski definition) is 3. The van der Waals surface area contributed by atoms with Crippen molar-refractivity contribution in [3.63, 3.8) is 0 Å². The molecule has 8 heteroatoms. The number of halogens is 3. The van der Waals surface area contributed by atoms with E-state index in [4.69, 9.17) is 0 Å². The Bertz CT molecular complexity index is 849. The van der Waals surface area contributed by atoms with E-state index in [-0.39, 0.29) is 12.5 Å². The van der Waals surface area contributed by atoms with E-state index < -0.39 is 26.8 Å². The van der Waals surface area contributed by atoms with Crippen LogP contribution in [0.25, 0.3) is 0 Å². The molecule has 4 nitrogen and oxygen atoms in total. The molecule has 25 heavy (non-hydrogen) atoms. The summed E-state index contributed by atoms with van der Waals surface area (Å²) in [7, 11) is -3.95. The van der Waals surface area contributed by atoms with Gasteiger partial charge in [0.05, 0.1) is 5.56 Å². The predicted molar refractivity (Wildman–Crippen MR) is 86.5 cm³/mol. The third-order valence-corrected chi connectivity index (χ3v) is 5.69. The van der Waals surface area contributed by atoms with Crippen LogP contribution in [0.5, 0.6) is 0 Å². The molecule has 0 aliphatic heterocycles. The van der Waals surface area contributed by atoms with E-state index in [1.165, 1.54) is 5.56 Å². The van der Waals surface area contributed by atoms with Gasteiger partial charge >= 0.3 is 6.18 Å². The molecule has 1 aromatic heterocycles. The van der Waals surface area contributed by atoms with E-state index >= 15 is 0 Å². The topological polar surface area (TPSA) is 59.1 Å². The van der Waals surface area contributed by atoms with Crippen molar-refractivity contribution in [3.8, 4) is 0 Å². The van der Waals surface area contributed by atoms with E-state index in [9.17, 15) is 21.6 Å². The molecule has 3 rings (SSSR count). The summed E-state index contributed by atoms with van der Waals surface area (Å²) in [5, 5.41) is -0.412. The highest BCUT2D eigenvalue weighted by atomic mass is 32.2. The standard InChI is InChI=1S/C17H17F3N2O2S/c18-17(19,20)14-8-9-16(21-11-14)25(23,24)22-10-13-6-3-5-12-4-1-2-7-15(12)13/h1-2,4,7-9,11,13,22H,3,5-6,10H2. The van der Waals surface area contributed by atoms with Crippen molar-refractivity contribution in [1.29, 1.82) is 0 Å². The summed E-state index contributed by atoms with van der Waals surface area (Å²) in [6.45, 7) is 0.196. The van der Waals surface area contributed by atoms with E-state index in [1.807, 2.05) is 24.3 Å². The fourth-order valence-electron chi connectivity index (χ4n) is 3.06. The second-order valence-electron chi connectivity index (χ2n) is 6.02. The van der Waals surface area contributed by atoms with Gasteiger partial charge in [-0.1, -0.05) is 24.3 Å². The molecule has 0 radical (unpaired) electrons. The van der Waals surface area contributed by atoms with Crippen LogP contribution < -0.4 is 4.72 Å². The number of rotatable bonds is 4. The minimum absolute atomic E-state index is 0.0502. The Labute approximate surface area is 144 Å². The van der Waals surface area contributed by atoms with E-state index in [1.54, 1.807) is 0 Å².